The van der Waals surface area contributed by atoms with Gasteiger partial charge >= 0.3 is 0 Å². The smallest absolute Gasteiger partial charge is 0.119 e. The Kier molecular flexibility index (Phi) is 8.16. The molecule has 2 heteroatoms. The zero-order valence-corrected chi connectivity index (χ0v) is 17.7. The summed E-state index contributed by atoms with van der Waals surface area (Å²) in [5, 5.41) is 21.4. The van der Waals surface area contributed by atoms with Gasteiger partial charge in [0, 0.05) is 11.5 Å². The van der Waals surface area contributed by atoms with Crippen molar-refractivity contribution < 1.29 is 10.2 Å². The highest BCUT2D eigenvalue weighted by Crippen LogP contribution is 2.44. The van der Waals surface area contributed by atoms with Gasteiger partial charge in [0.2, 0.25) is 0 Å². The molecule has 0 aliphatic heterocycles. The molecular weight excluding hydrogens is 332 g/mol. The van der Waals surface area contributed by atoms with E-state index in [0.29, 0.717) is 18.1 Å². The van der Waals surface area contributed by atoms with E-state index in [2.05, 4.69) is 39.5 Å². The molecule has 0 bridgehead atoms. The van der Waals surface area contributed by atoms with Crippen molar-refractivity contribution in [1.29, 1.82) is 0 Å². The zero-order chi connectivity index (χ0) is 20.0. The highest BCUT2D eigenvalue weighted by atomic mass is 16.3. The van der Waals surface area contributed by atoms with Gasteiger partial charge in [-0.2, -0.15) is 0 Å². The largest absolute Gasteiger partial charge is 0.508 e. The summed E-state index contributed by atoms with van der Waals surface area (Å²) in [4.78, 5) is 0. The van der Waals surface area contributed by atoms with Gasteiger partial charge in [0.25, 0.3) is 0 Å². The number of aryl methyl sites for hydroxylation is 1. The number of hydrogen-bond acceptors (Lipinski definition) is 2. The van der Waals surface area contributed by atoms with Crippen molar-refractivity contribution in [2.45, 2.75) is 91.1 Å². The van der Waals surface area contributed by atoms with E-state index in [1.54, 1.807) is 0 Å². The molecule has 1 unspecified atom stereocenters. The van der Waals surface area contributed by atoms with Crippen LogP contribution in [0.4, 0.5) is 0 Å². The minimum absolute atomic E-state index is 0.153. The third-order valence-corrected chi connectivity index (χ3v) is 6.01. The monoisotopic (exact) mass is 370 g/mol. The molecule has 1 aliphatic rings. The average molecular weight is 371 g/mol. The highest BCUT2D eigenvalue weighted by molar-refractivity contribution is 5.49. The first kappa shape index (κ1) is 21.8. The summed E-state index contributed by atoms with van der Waals surface area (Å²) in [7, 11) is 0. The van der Waals surface area contributed by atoms with E-state index in [4.69, 9.17) is 0 Å². The lowest BCUT2D eigenvalue weighted by molar-refractivity contribution is 0.170. The summed E-state index contributed by atoms with van der Waals surface area (Å²) >= 11 is 0. The van der Waals surface area contributed by atoms with Crippen LogP contribution in [-0.2, 0) is 12.8 Å². The molecule has 2 rings (SSSR count). The fraction of sp³-hybridized carbons (Fsp3) is 0.600. The minimum Gasteiger partial charge on any atom is -0.508 e. The molecule has 2 N–H and O–H groups in total. The third-order valence-electron chi connectivity index (χ3n) is 6.01. The van der Waals surface area contributed by atoms with Gasteiger partial charge < -0.3 is 10.2 Å². The van der Waals surface area contributed by atoms with Crippen LogP contribution in [0.3, 0.4) is 0 Å². The van der Waals surface area contributed by atoms with Gasteiger partial charge in [-0.05, 0) is 75.5 Å². The number of benzene rings is 1. The van der Waals surface area contributed by atoms with Gasteiger partial charge in [-0.15, -0.1) is 0 Å². The van der Waals surface area contributed by atoms with E-state index in [9.17, 15) is 10.2 Å². The molecule has 0 spiro atoms. The molecule has 0 amide bonds. The highest BCUT2D eigenvalue weighted by Gasteiger charge is 2.30. The summed E-state index contributed by atoms with van der Waals surface area (Å²) in [6.45, 7) is 12.7. The number of phenols is 1. The standard InChI is InChI=1S/C25H38O2/c1-6-8-9-10-19-14-20(16-21(26)7-2)25(24(27)15-19)23-13-18(5)11-12-22(23)17(3)4/h13-15,21-23,26-27H,3,6-12,16H2,1-2,4-5H3/t21?,22-,23+/m0/s1. The van der Waals surface area contributed by atoms with E-state index in [-0.39, 0.29) is 12.0 Å². The van der Waals surface area contributed by atoms with E-state index in [1.807, 2.05) is 13.0 Å². The molecule has 150 valence electrons. The van der Waals surface area contributed by atoms with Crippen molar-refractivity contribution in [3.05, 3.63) is 52.6 Å². The van der Waals surface area contributed by atoms with Crippen molar-refractivity contribution in [3.63, 3.8) is 0 Å². The zero-order valence-electron chi connectivity index (χ0n) is 17.7. The van der Waals surface area contributed by atoms with E-state index in [1.165, 1.54) is 29.6 Å². The molecule has 0 radical (unpaired) electrons. The Morgan fingerprint density at radius 3 is 2.63 bits per heavy atom. The molecule has 27 heavy (non-hydrogen) atoms. The molecule has 0 aromatic heterocycles. The topological polar surface area (TPSA) is 40.5 Å². The Morgan fingerprint density at radius 1 is 1.26 bits per heavy atom. The fourth-order valence-electron chi connectivity index (χ4n) is 4.34. The number of phenolic OH excluding ortho intramolecular Hbond substituents is 1. The lowest BCUT2D eigenvalue weighted by Gasteiger charge is -2.33. The maximum atomic E-state index is 11.0. The van der Waals surface area contributed by atoms with Crippen LogP contribution >= 0.6 is 0 Å². The number of aromatic hydroxyl groups is 1. The molecule has 2 nitrogen and oxygen atoms in total. The number of aliphatic hydroxyl groups is 1. The van der Waals surface area contributed by atoms with Crippen LogP contribution in [0.15, 0.2) is 35.9 Å². The SMILES string of the molecule is C=C(C)[C@@H]1CCC(C)=C[C@H]1c1c(O)cc(CCCCC)cc1CC(O)CC. The van der Waals surface area contributed by atoms with Crippen LogP contribution in [0.1, 0.15) is 88.8 Å². The Morgan fingerprint density at radius 2 is 2.00 bits per heavy atom. The van der Waals surface area contributed by atoms with Crippen LogP contribution in [0, 0.1) is 5.92 Å². The number of hydrogen-bond donors (Lipinski definition) is 2. The first-order chi connectivity index (χ1) is 12.9. The molecular formula is C25H38O2. The average Bonchev–Trinajstić information content (AvgIpc) is 2.61. The van der Waals surface area contributed by atoms with Crippen LogP contribution < -0.4 is 0 Å². The van der Waals surface area contributed by atoms with Gasteiger partial charge in [0.05, 0.1) is 6.10 Å². The number of rotatable bonds is 9. The Balaban J connectivity index is 2.48. The molecule has 0 heterocycles. The molecule has 1 aromatic rings. The minimum atomic E-state index is -0.369. The lowest BCUT2D eigenvalue weighted by atomic mass is 9.72. The van der Waals surface area contributed by atoms with E-state index >= 15 is 0 Å². The summed E-state index contributed by atoms with van der Waals surface area (Å²) in [6, 6.07) is 4.19. The Bertz CT molecular complexity index is 671. The fourth-order valence-corrected chi connectivity index (χ4v) is 4.34. The summed E-state index contributed by atoms with van der Waals surface area (Å²) in [6.07, 6.45) is 9.98. The van der Waals surface area contributed by atoms with Gasteiger partial charge in [-0.3, -0.25) is 0 Å². The maximum Gasteiger partial charge on any atom is 0.119 e. The van der Waals surface area contributed by atoms with E-state index < -0.39 is 0 Å². The van der Waals surface area contributed by atoms with Gasteiger partial charge in [-0.1, -0.05) is 56.6 Å². The predicted octanol–water partition coefficient (Wildman–Crippen LogP) is 6.45. The van der Waals surface area contributed by atoms with Gasteiger partial charge in [0.1, 0.15) is 5.75 Å². The summed E-state index contributed by atoms with van der Waals surface area (Å²) in [5.74, 6) is 0.896. The molecule has 0 saturated carbocycles. The quantitative estimate of drug-likeness (QED) is 0.387. The second-order valence-electron chi connectivity index (χ2n) is 8.44. The molecule has 0 saturated heterocycles. The molecule has 1 aliphatic carbocycles. The van der Waals surface area contributed by atoms with Gasteiger partial charge in [-0.25, -0.2) is 0 Å². The molecule has 1 aromatic carbocycles. The lowest BCUT2D eigenvalue weighted by Crippen LogP contribution is -2.20. The first-order valence-electron chi connectivity index (χ1n) is 10.7. The predicted molar refractivity (Wildman–Crippen MR) is 115 cm³/mol. The number of aliphatic hydroxyl groups excluding tert-OH is 1. The van der Waals surface area contributed by atoms with Crippen molar-refractivity contribution >= 4 is 0 Å². The second kappa shape index (κ2) is 10.1. The molecule has 3 atom stereocenters. The van der Waals surface area contributed by atoms with Crippen LogP contribution in [-0.4, -0.2) is 16.3 Å². The first-order valence-corrected chi connectivity index (χ1v) is 10.7. The van der Waals surface area contributed by atoms with Crippen LogP contribution in [0.5, 0.6) is 5.75 Å². The summed E-state index contributed by atoms with van der Waals surface area (Å²) < 4.78 is 0. The van der Waals surface area contributed by atoms with E-state index in [0.717, 1.165) is 43.2 Å². The number of unbranched alkanes of at least 4 members (excludes halogenated alkanes) is 2. The molecule has 0 fully saturated rings. The van der Waals surface area contributed by atoms with Crippen molar-refractivity contribution in [2.24, 2.45) is 5.92 Å². The Hall–Kier alpha value is -1.54. The maximum absolute atomic E-state index is 11.0. The third kappa shape index (κ3) is 5.72. The Labute approximate surface area is 166 Å². The van der Waals surface area contributed by atoms with Crippen molar-refractivity contribution in [1.82, 2.24) is 0 Å². The van der Waals surface area contributed by atoms with Crippen LogP contribution in [0.25, 0.3) is 0 Å². The normalized spacial score (nSPS) is 21.0. The number of allylic oxidation sites excluding steroid dienone is 3. The van der Waals surface area contributed by atoms with Gasteiger partial charge in [0.15, 0.2) is 0 Å². The van der Waals surface area contributed by atoms with Crippen LogP contribution in [0.2, 0.25) is 0 Å². The second-order valence-corrected chi connectivity index (χ2v) is 8.44. The van der Waals surface area contributed by atoms with Crippen molar-refractivity contribution in [2.75, 3.05) is 0 Å². The van der Waals surface area contributed by atoms with Crippen molar-refractivity contribution in [3.8, 4) is 5.75 Å². The summed E-state index contributed by atoms with van der Waals surface area (Å²) in [5.41, 5.74) is 5.86.